The highest BCUT2D eigenvalue weighted by Crippen LogP contribution is 2.21. The molecule has 1 aromatic heterocycles. The Morgan fingerprint density at radius 3 is 2.76 bits per heavy atom. The van der Waals surface area contributed by atoms with Crippen molar-refractivity contribution in [1.29, 1.82) is 0 Å². The van der Waals surface area contributed by atoms with Gasteiger partial charge >= 0.3 is 0 Å². The summed E-state index contributed by atoms with van der Waals surface area (Å²) in [6.07, 6.45) is 3.97. The van der Waals surface area contributed by atoms with E-state index in [0.29, 0.717) is 13.0 Å². The number of carbonyl (C=O) groups is 1. The molecule has 0 atom stereocenters. The van der Waals surface area contributed by atoms with Crippen LogP contribution in [0.2, 0.25) is 0 Å². The molecular weight excluding hydrogens is 284 g/mol. The molecule has 0 aliphatic carbocycles. The Labute approximate surface area is 128 Å². The van der Waals surface area contributed by atoms with Gasteiger partial charge in [0.1, 0.15) is 5.75 Å². The van der Waals surface area contributed by atoms with Gasteiger partial charge in [-0.3, -0.25) is 9.78 Å². The number of nitrogens with zero attached hydrogens (tertiary/aromatic N) is 1. The lowest BCUT2D eigenvalue weighted by atomic mass is 10.3. The van der Waals surface area contributed by atoms with Crippen molar-refractivity contribution in [2.75, 3.05) is 12.9 Å². The third-order valence-corrected chi connectivity index (χ3v) is 3.88. The van der Waals surface area contributed by atoms with Crippen LogP contribution in [0.4, 0.5) is 0 Å². The smallest absolute Gasteiger partial charge is 0.221 e. The zero-order valence-corrected chi connectivity index (χ0v) is 12.7. The van der Waals surface area contributed by atoms with Crippen LogP contribution < -0.4 is 10.1 Å². The van der Waals surface area contributed by atoms with Crippen molar-refractivity contribution in [3.63, 3.8) is 0 Å². The maximum absolute atomic E-state index is 11.7. The summed E-state index contributed by atoms with van der Waals surface area (Å²) in [6.45, 7) is 0.528. The van der Waals surface area contributed by atoms with Crippen molar-refractivity contribution in [2.24, 2.45) is 0 Å². The van der Waals surface area contributed by atoms with Crippen molar-refractivity contribution < 1.29 is 9.53 Å². The minimum absolute atomic E-state index is 0.0554. The Balaban J connectivity index is 1.66. The largest absolute Gasteiger partial charge is 0.497 e. The SMILES string of the molecule is COc1ccc(SCCC(=O)NCc2cccnc2)cc1. The van der Waals surface area contributed by atoms with E-state index in [1.807, 2.05) is 36.4 Å². The van der Waals surface area contributed by atoms with E-state index < -0.39 is 0 Å². The minimum atomic E-state index is 0.0554. The summed E-state index contributed by atoms with van der Waals surface area (Å²) in [5.41, 5.74) is 1.01. The minimum Gasteiger partial charge on any atom is -0.497 e. The third-order valence-electron chi connectivity index (χ3n) is 2.87. The van der Waals surface area contributed by atoms with Crippen molar-refractivity contribution in [1.82, 2.24) is 10.3 Å². The number of nitrogens with one attached hydrogen (secondary N) is 1. The second kappa shape index (κ2) is 8.32. The highest BCUT2D eigenvalue weighted by atomic mass is 32.2. The van der Waals surface area contributed by atoms with Gasteiger partial charge in [0.15, 0.2) is 0 Å². The lowest BCUT2D eigenvalue weighted by molar-refractivity contribution is -0.120. The lowest BCUT2D eigenvalue weighted by Gasteiger charge is -2.05. The summed E-state index contributed by atoms with van der Waals surface area (Å²) in [4.78, 5) is 16.9. The topological polar surface area (TPSA) is 51.2 Å². The molecule has 0 spiro atoms. The fourth-order valence-electron chi connectivity index (χ4n) is 1.73. The van der Waals surface area contributed by atoms with Gasteiger partial charge in [0.05, 0.1) is 7.11 Å². The van der Waals surface area contributed by atoms with E-state index in [1.165, 1.54) is 0 Å². The van der Waals surface area contributed by atoms with Gasteiger partial charge in [0, 0.05) is 36.0 Å². The van der Waals surface area contributed by atoms with Gasteiger partial charge in [-0.2, -0.15) is 0 Å². The van der Waals surface area contributed by atoms with Gasteiger partial charge < -0.3 is 10.1 Å². The first-order chi connectivity index (χ1) is 10.3. The molecule has 1 amide bonds. The Hall–Kier alpha value is -2.01. The number of rotatable bonds is 7. The molecule has 0 radical (unpaired) electrons. The van der Waals surface area contributed by atoms with Crippen molar-refractivity contribution in [3.8, 4) is 5.75 Å². The number of hydrogen-bond donors (Lipinski definition) is 1. The fourth-order valence-corrected chi connectivity index (χ4v) is 2.58. The molecule has 0 fully saturated rings. The Kier molecular flexibility index (Phi) is 6.09. The molecule has 0 aliphatic rings. The average Bonchev–Trinajstić information content (AvgIpc) is 2.54. The Morgan fingerprint density at radius 1 is 1.29 bits per heavy atom. The molecule has 2 rings (SSSR count). The molecule has 1 N–H and O–H groups in total. The monoisotopic (exact) mass is 302 g/mol. The van der Waals surface area contributed by atoms with E-state index in [1.54, 1.807) is 31.3 Å². The number of thioether (sulfide) groups is 1. The summed E-state index contributed by atoms with van der Waals surface area (Å²) >= 11 is 1.66. The number of carbonyl (C=O) groups excluding carboxylic acids is 1. The summed E-state index contributed by atoms with van der Waals surface area (Å²) in [5.74, 6) is 1.65. The van der Waals surface area contributed by atoms with Crippen LogP contribution in [0.1, 0.15) is 12.0 Å². The van der Waals surface area contributed by atoms with Gasteiger partial charge in [0.25, 0.3) is 0 Å². The second-order valence-electron chi connectivity index (χ2n) is 4.41. The first-order valence-electron chi connectivity index (χ1n) is 6.70. The predicted octanol–water partition coefficient (Wildman–Crippen LogP) is 2.89. The highest BCUT2D eigenvalue weighted by molar-refractivity contribution is 7.99. The fraction of sp³-hybridized carbons (Fsp3) is 0.250. The van der Waals surface area contributed by atoms with Crippen LogP contribution in [-0.4, -0.2) is 23.8 Å². The Morgan fingerprint density at radius 2 is 2.10 bits per heavy atom. The summed E-state index contributed by atoms with van der Waals surface area (Å²) < 4.78 is 5.11. The molecule has 0 bridgehead atoms. The van der Waals surface area contributed by atoms with E-state index in [9.17, 15) is 4.79 Å². The molecule has 0 saturated carbocycles. The zero-order chi connectivity index (χ0) is 14.9. The molecule has 0 unspecified atom stereocenters. The maximum atomic E-state index is 11.7. The van der Waals surface area contributed by atoms with Crippen LogP contribution >= 0.6 is 11.8 Å². The van der Waals surface area contributed by atoms with Gasteiger partial charge in [0.2, 0.25) is 5.91 Å². The maximum Gasteiger partial charge on any atom is 0.221 e. The second-order valence-corrected chi connectivity index (χ2v) is 5.58. The van der Waals surface area contributed by atoms with E-state index in [0.717, 1.165) is 22.0 Å². The molecule has 4 nitrogen and oxygen atoms in total. The van der Waals surface area contributed by atoms with Crippen LogP contribution in [0.25, 0.3) is 0 Å². The van der Waals surface area contributed by atoms with Gasteiger partial charge in [-0.1, -0.05) is 6.07 Å². The highest BCUT2D eigenvalue weighted by Gasteiger charge is 2.02. The zero-order valence-electron chi connectivity index (χ0n) is 11.9. The van der Waals surface area contributed by atoms with Crippen molar-refractivity contribution in [2.45, 2.75) is 17.9 Å². The number of amides is 1. The molecule has 21 heavy (non-hydrogen) atoms. The number of pyridine rings is 1. The standard InChI is InChI=1S/C16H18N2O2S/c1-20-14-4-6-15(7-5-14)21-10-8-16(19)18-12-13-3-2-9-17-11-13/h2-7,9,11H,8,10,12H2,1H3,(H,18,19). The van der Waals surface area contributed by atoms with Crippen LogP contribution in [0, 0.1) is 0 Å². The van der Waals surface area contributed by atoms with Gasteiger partial charge in [-0.05, 0) is 35.9 Å². The van der Waals surface area contributed by atoms with Crippen molar-refractivity contribution >= 4 is 17.7 Å². The number of methoxy groups -OCH3 is 1. The van der Waals surface area contributed by atoms with Crippen LogP contribution in [0.15, 0.2) is 53.7 Å². The molecule has 1 heterocycles. The van der Waals surface area contributed by atoms with Crippen LogP contribution in [0.3, 0.4) is 0 Å². The quantitative estimate of drug-likeness (QED) is 0.799. The first kappa shape index (κ1) is 15.4. The summed E-state index contributed by atoms with van der Waals surface area (Å²) in [7, 11) is 1.65. The predicted molar refractivity (Wildman–Crippen MR) is 84.4 cm³/mol. The Bertz CT molecular complexity index is 558. The first-order valence-corrected chi connectivity index (χ1v) is 7.69. The van der Waals surface area contributed by atoms with Gasteiger partial charge in [-0.25, -0.2) is 0 Å². The molecule has 2 aromatic rings. The summed E-state index contributed by atoms with van der Waals surface area (Å²) in [6, 6.07) is 11.6. The number of hydrogen-bond acceptors (Lipinski definition) is 4. The lowest BCUT2D eigenvalue weighted by Crippen LogP contribution is -2.23. The van der Waals surface area contributed by atoms with E-state index in [-0.39, 0.29) is 5.91 Å². The normalized spacial score (nSPS) is 10.1. The summed E-state index contributed by atoms with van der Waals surface area (Å²) in [5, 5.41) is 2.89. The molecule has 0 saturated heterocycles. The van der Waals surface area contributed by atoms with E-state index in [2.05, 4.69) is 10.3 Å². The van der Waals surface area contributed by atoms with Crippen LogP contribution in [-0.2, 0) is 11.3 Å². The average molecular weight is 302 g/mol. The molecule has 110 valence electrons. The van der Waals surface area contributed by atoms with Gasteiger partial charge in [-0.15, -0.1) is 11.8 Å². The van der Waals surface area contributed by atoms with Crippen molar-refractivity contribution in [3.05, 3.63) is 54.4 Å². The van der Waals surface area contributed by atoms with E-state index in [4.69, 9.17) is 4.74 Å². The number of benzene rings is 1. The van der Waals surface area contributed by atoms with E-state index >= 15 is 0 Å². The number of ether oxygens (including phenoxy) is 1. The molecule has 1 aromatic carbocycles. The third kappa shape index (κ3) is 5.47. The molecular formula is C16H18N2O2S. The van der Waals surface area contributed by atoms with Crippen LogP contribution in [0.5, 0.6) is 5.75 Å². The molecule has 0 aliphatic heterocycles. The molecule has 5 heteroatoms. The number of aromatic nitrogens is 1.